The van der Waals surface area contributed by atoms with Crippen LogP contribution in [0.5, 0.6) is 5.75 Å². The molecular formula is C15H9F3OS. The van der Waals surface area contributed by atoms with Crippen LogP contribution >= 0.6 is 12.0 Å². The zero-order chi connectivity index (χ0) is 14.2. The molecule has 0 aromatic heterocycles. The molecule has 0 N–H and O–H groups in total. The summed E-state index contributed by atoms with van der Waals surface area (Å²) in [6.07, 6.45) is 0. The molecule has 0 saturated heterocycles. The minimum absolute atomic E-state index is 0.251. The molecule has 0 amide bonds. The fourth-order valence-electron chi connectivity index (χ4n) is 2.15. The number of halogens is 3. The van der Waals surface area contributed by atoms with Gasteiger partial charge in [-0.3, -0.25) is 0 Å². The lowest BCUT2D eigenvalue weighted by Gasteiger charge is -2.12. The first-order valence-electron chi connectivity index (χ1n) is 5.87. The molecule has 0 unspecified atom stereocenters. The van der Waals surface area contributed by atoms with Gasteiger partial charge in [0.15, 0.2) is 17.8 Å². The lowest BCUT2D eigenvalue weighted by Crippen LogP contribution is -2.03. The average molecular weight is 294 g/mol. The van der Waals surface area contributed by atoms with Gasteiger partial charge >= 0.3 is 5.51 Å². The van der Waals surface area contributed by atoms with Crippen molar-refractivity contribution in [2.24, 2.45) is 0 Å². The predicted octanol–water partition coefficient (Wildman–Crippen LogP) is 5.54. The van der Waals surface area contributed by atoms with Gasteiger partial charge in [-0.05, 0) is 16.8 Å². The highest BCUT2D eigenvalue weighted by atomic mass is 32.2. The molecule has 3 aromatic rings. The minimum Gasteiger partial charge on any atom is -0.416 e. The van der Waals surface area contributed by atoms with E-state index < -0.39 is 17.6 Å². The molecule has 5 heteroatoms. The molecule has 0 fully saturated rings. The van der Waals surface area contributed by atoms with E-state index in [1.165, 1.54) is 0 Å². The molecule has 0 spiro atoms. The second-order valence-electron chi connectivity index (χ2n) is 4.26. The van der Waals surface area contributed by atoms with E-state index in [0.717, 1.165) is 10.8 Å². The maximum absolute atomic E-state index is 12.4. The van der Waals surface area contributed by atoms with Crippen LogP contribution in [0.4, 0.5) is 13.2 Å². The Morgan fingerprint density at radius 2 is 1.30 bits per heavy atom. The van der Waals surface area contributed by atoms with Gasteiger partial charge in [-0.1, -0.05) is 48.5 Å². The van der Waals surface area contributed by atoms with E-state index in [1.807, 2.05) is 30.3 Å². The molecule has 3 rings (SSSR count). The molecule has 102 valence electrons. The van der Waals surface area contributed by atoms with Crippen LogP contribution in [-0.2, 0) is 0 Å². The zero-order valence-electron chi connectivity index (χ0n) is 10.1. The third kappa shape index (κ3) is 2.54. The highest BCUT2D eigenvalue weighted by Crippen LogP contribution is 2.40. The number of benzene rings is 3. The van der Waals surface area contributed by atoms with E-state index in [9.17, 15) is 13.2 Å². The molecule has 0 aliphatic rings. The molecule has 0 aliphatic carbocycles. The Morgan fingerprint density at radius 1 is 0.800 bits per heavy atom. The van der Waals surface area contributed by atoms with Gasteiger partial charge in [0.05, 0.1) is 0 Å². The van der Waals surface area contributed by atoms with Gasteiger partial charge in [0.1, 0.15) is 0 Å². The van der Waals surface area contributed by atoms with E-state index in [1.54, 1.807) is 24.3 Å². The molecule has 0 saturated carbocycles. The third-order valence-electron chi connectivity index (χ3n) is 2.94. The molecule has 0 radical (unpaired) electrons. The fraction of sp³-hybridized carbons (Fsp3) is 0.0667. The predicted molar refractivity (Wildman–Crippen MR) is 75.7 cm³/mol. The molecule has 3 aromatic carbocycles. The van der Waals surface area contributed by atoms with E-state index in [2.05, 4.69) is 0 Å². The molecule has 1 nitrogen and oxygen atoms in total. The van der Waals surface area contributed by atoms with Crippen molar-refractivity contribution < 1.29 is 17.4 Å². The minimum atomic E-state index is -4.43. The van der Waals surface area contributed by atoms with Crippen LogP contribution in [-0.4, -0.2) is 5.51 Å². The van der Waals surface area contributed by atoms with Gasteiger partial charge < -0.3 is 4.18 Å². The summed E-state index contributed by atoms with van der Waals surface area (Å²) in [6, 6.07) is 16.4. The van der Waals surface area contributed by atoms with Crippen LogP contribution in [0, 0.1) is 0 Å². The first-order valence-corrected chi connectivity index (χ1v) is 6.62. The molecule has 0 aliphatic heterocycles. The average Bonchev–Trinajstić information content (AvgIpc) is 2.42. The van der Waals surface area contributed by atoms with Crippen LogP contribution in [0.25, 0.3) is 21.5 Å². The van der Waals surface area contributed by atoms with E-state index >= 15 is 0 Å². The first-order chi connectivity index (χ1) is 9.54. The number of fused-ring (bicyclic) bond motifs is 2. The lowest BCUT2D eigenvalue weighted by atomic mass is 10.0. The topological polar surface area (TPSA) is 9.23 Å². The number of hydrogen-bond donors (Lipinski definition) is 0. The molecule has 0 atom stereocenters. The molecule has 0 heterocycles. The van der Waals surface area contributed by atoms with Crippen molar-refractivity contribution in [1.82, 2.24) is 0 Å². The summed E-state index contributed by atoms with van der Waals surface area (Å²) in [5, 5.41) is 3.04. The Hall–Kier alpha value is -1.88. The van der Waals surface area contributed by atoms with Gasteiger partial charge in [0.2, 0.25) is 0 Å². The van der Waals surface area contributed by atoms with Crippen molar-refractivity contribution in [3.05, 3.63) is 54.6 Å². The molecular weight excluding hydrogens is 285 g/mol. The van der Waals surface area contributed by atoms with E-state index in [4.69, 9.17) is 4.18 Å². The normalized spacial score (nSPS) is 11.9. The van der Waals surface area contributed by atoms with E-state index in [-0.39, 0.29) is 5.75 Å². The standard InChI is InChI=1S/C15H9F3OS/c16-15(17,18)20-19-14-12-7-3-1-5-10(12)9-11-6-2-4-8-13(11)14/h1-9H. The summed E-state index contributed by atoms with van der Waals surface area (Å²) >= 11 is -0.484. The lowest BCUT2D eigenvalue weighted by molar-refractivity contribution is -0.0369. The second kappa shape index (κ2) is 4.90. The highest BCUT2D eigenvalue weighted by Gasteiger charge is 2.32. The van der Waals surface area contributed by atoms with Crippen molar-refractivity contribution in [3.8, 4) is 5.75 Å². The highest BCUT2D eigenvalue weighted by molar-refractivity contribution is 7.95. The van der Waals surface area contributed by atoms with Gasteiger partial charge in [-0.25, -0.2) is 0 Å². The molecule has 0 bridgehead atoms. The number of alkyl halides is 3. The first kappa shape index (κ1) is 13.1. The maximum Gasteiger partial charge on any atom is 0.479 e. The summed E-state index contributed by atoms with van der Waals surface area (Å²) in [4.78, 5) is 0. The Balaban J connectivity index is 2.22. The maximum atomic E-state index is 12.4. The summed E-state index contributed by atoms with van der Waals surface area (Å²) in [6.45, 7) is 0. The van der Waals surface area contributed by atoms with Gasteiger partial charge in [-0.2, -0.15) is 13.2 Å². The van der Waals surface area contributed by atoms with E-state index in [0.29, 0.717) is 10.8 Å². The number of hydrogen-bond acceptors (Lipinski definition) is 2. The van der Waals surface area contributed by atoms with Crippen LogP contribution in [0.3, 0.4) is 0 Å². The quantitative estimate of drug-likeness (QED) is 0.453. The number of rotatable bonds is 2. The van der Waals surface area contributed by atoms with Crippen molar-refractivity contribution in [1.29, 1.82) is 0 Å². The van der Waals surface area contributed by atoms with Crippen molar-refractivity contribution in [2.45, 2.75) is 5.51 Å². The summed E-state index contributed by atoms with van der Waals surface area (Å²) < 4.78 is 42.1. The third-order valence-corrected chi connectivity index (χ3v) is 3.38. The summed E-state index contributed by atoms with van der Waals surface area (Å²) in [7, 11) is 0. The van der Waals surface area contributed by atoms with Gasteiger partial charge in [-0.15, -0.1) is 0 Å². The Morgan fingerprint density at radius 3 is 1.80 bits per heavy atom. The van der Waals surface area contributed by atoms with Crippen LogP contribution in [0.15, 0.2) is 54.6 Å². The Bertz CT molecular complexity index is 714. The largest absolute Gasteiger partial charge is 0.479 e. The van der Waals surface area contributed by atoms with Crippen molar-refractivity contribution >= 4 is 33.6 Å². The second-order valence-corrected chi connectivity index (χ2v) is 5.06. The van der Waals surface area contributed by atoms with Crippen LogP contribution in [0.1, 0.15) is 0 Å². The van der Waals surface area contributed by atoms with Crippen LogP contribution < -0.4 is 4.18 Å². The monoisotopic (exact) mass is 294 g/mol. The van der Waals surface area contributed by atoms with Crippen LogP contribution in [0.2, 0.25) is 0 Å². The van der Waals surface area contributed by atoms with Gasteiger partial charge in [0.25, 0.3) is 0 Å². The zero-order valence-corrected chi connectivity index (χ0v) is 11.0. The van der Waals surface area contributed by atoms with Crippen molar-refractivity contribution in [3.63, 3.8) is 0 Å². The molecule has 20 heavy (non-hydrogen) atoms. The van der Waals surface area contributed by atoms with Crippen molar-refractivity contribution in [2.75, 3.05) is 0 Å². The Labute approximate surface area is 117 Å². The smallest absolute Gasteiger partial charge is 0.416 e. The Kier molecular flexibility index (Phi) is 3.22. The summed E-state index contributed by atoms with van der Waals surface area (Å²) in [5.74, 6) is 0.251. The summed E-state index contributed by atoms with van der Waals surface area (Å²) in [5.41, 5.74) is -4.43. The fourth-order valence-corrected chi connectivity index (χ4v) is 2.51. The van der Waals surface area contributed by atoms with Gasteiger partial charge in [0, 0.05) is 10.8 Å². The SMILES string of the molecule is FC(F)(F)SOc1c2ccccc2cc2ccccc12.